The first-order valence-corrected chi connectivity index (χ1v) is 10.9. The number of benzene rings is 3. The Bertz CT molecular complexity index is 1270. The lowest BCUT2D eigenvalue weighted by Crippen LogP contribution is -2.29. The Morgan fingerprint density at radius 2 is 1.74 bits per heavy atom. The minimum absolute atomic E-state index is 0.110. The van der Waals surface area contributed by atoms with Gasteiger partial charge in [0.05, 0.1) is 23.3 Å². The molecule has 1 N–H and O–H groups in total. The van der Waals surface area contributed by atoms with Gasteiger partial charge in [-0.3, -0.25) is 14.2 Å². The summed E-state index contributed by atoms with van der Waals surface area (Å²) in [6.07, 6.45) is 1.70. The van der Waals surface area contributed by atoms with E-state index in [4.69, 9.17) is 0 Å². The van der Waals surface area contributed by atoms with Gasteiger partial charge in [-0.15, -0.1) is 0 Å². The van der Waals surface area contributed by atoms with Crippen molar-refractivity contribution in [2.45, 2.75) is 25.9 Å². The molecule has 1 unspecified atom stereocenters. The summed E-state index contributed by atoms with van der Waals surface area (Å²) in [4.78, 5) is 29.4. The zero-order valence-corrected chi connectivity index (χ0v) is 18.7. The van der Waals surface area contributed by atoms with Crippen LogP contribution in [0.4, 0.5) is 0 Å². The van der Waals surface area contributed by atoms with E-state index in [1.54, 1.807) is 12.1 Å². The number of carbonyl (C=O) groups excluding carboxylic acids is 1. The second kappa shape index (κ2) is 9.27. The Hall–Kier alpha value is -3.25. The molecule has 1 amide bonds. The summed E-state index contributed by atoms with van der Waals surface area (Å²) in [5.41, 5.74) is 3.82. The quantitative estimate of drug-likeness (QED) is 0.422. The molecule has 0 bridgehead atoms. The molecule has 1 atom stereocenters. The molecule has 31 heavy (non-hydrogen) atoms. The predicted molar refractivity (Wildman–Crippen MR) is 127 cm³/mol. The van der Waals surface area contributed by atoms with E-state index in [9.17, 15) is 9.59 Å². The number of aryl methyl sites for hydroxylation is 1. The molecule has 0 aliphatic carbocycles. The molecule has 0 radical (unpaired) electrons. The third-order valence-corrected chi connectivity index (χ3v) is 5.75. The number of carbonyl (C=O) groups is 1. The topological polar surface area (TPSA) is 64.0 Å². The van der Waals surface area contributed by atoms with Gasteiger partial charge in [-0.1, -0.05) is 70.5 Å². The van der Waals surface area contributed by atoms with E-state index in [0.717, 1.165) is 21.2 Å². The van der Waals surface area contributed by atoms with E-state index in [1.165, 1.54) is 10.9 Å². The van der Waals surface area contributed by atoms with Gasteiger partial charge < -0.3 is 5.32 Å². The Labute approximate surface area is 188 Å². The molecule has 0 aliphatic rings. The second-order valence-electron chi connectivity index (χ2n) is 7.43. The smallest absolute Gasteiger partial charge is 0.261 e. The van der Waals surface area contributed by atoms with Gasteiger partial charge in [0.1, 0.15) is 0 Å². The largest absolute Gasteiger partial charge is 0.350 e. The van der Waals surface area contributed by atoms with E-state index in [0.29, 0.717) is 10.9 Å². The lowest BCUT2D eigenvalue weighted by molar-refractivity contribution is -0.121. The van der Waals surface area contributed by atoms with Crippen LogP contribution in [0, 0.1) is 0 Å². The van der Waals surface area contributed by atoms with Crippen LogP contribution in [0.1, 0.15) is 24.9 Å². The summed E-state index contributed by atoms with van der Waals surface area (Å²) in [7, 11) is 0. The van der Waals surface area contributed by atoms with Gasteiger partial charge in [0, 0.05) is 17.4 Å². The van der Waals surface area contributed by atoms with E-state index < -0.39 is 0 Å². The second-order valence-corrected chi connectivity index (χ2v) is 8.35. The van der Waals surface area contributed by atoms with E-state index >= 15 is 0 Å². The van der Waals surface area contributed by atoms with Crippen LogP contribution in [0.15, 0.2) is 88.4 Å². The number of fused-ring (bicyclic) bond motifs is 1. The molecule has 5 nitrogen and oxygen atoms in total. The van der Waals surface area contributed by atoms with Crippen molar-refractivity contribution in [3.05, 3.63) is 99.5 Å². The number of halogens is 1. The fourth-order valence-electron chi connectivity index (χ4n) is 3.50. The van der Waals surface area contributed by atoms with Crippen molar-refractivity contribution in [2.24, 2.45) is 0 Å². The highest BCUT2D eigenvalue weighted by Crippen LogP contribution is 2.22. The third kappa shape index (κ3) is 4.91. The Balaban J connectivity index is 1.38. The van der Waals surface area contributed by atoms with Gasteiger partial charge in [0.15, 0.2) is 0 Å². The van der Waals surface area contributed by atoms with Crippen LogP contribution in [0.25, 0.3) is 22.0 Å². The van der Waals surface area contributed by atoms with E-state index in [-0.39, 0.29) is 30.5 Å². The molecule has 0 saturated carbocycles. The molecule has 3 aromatic carbocycles. The summed E-state index contributed by atoms with van der Waals surface area (Å²) in [6, 6.07) is 23.6. The van der Waals surface area contributed by atoms with Crippen molar-refractivity contribution in [1.82, 2.24) is 14.9 Å². The summed E-state index contributed by atoms with van der Waals surface area (Å²) in [5, 5.41) is 3.54. The number of rotatable bonds is 6. The van der Waals surface area contributed by atoms with Crippen LogP contribution in [-0.4, -0.2) is 15.5 Å². The molecule has 156 valence electrons. The first-order chi connectivity index (χ1) is 15.0. The maximum Gasteiger partial charge on any atom is 0.261 e. The average molecular weight is 476 g/mol. The van der Waals surface area contributed by atoms with Crippen LogP contribution in [0.5, 0.6) is 0 Å². The molecular formula is C25H22BrN3O2. The lowest BCUT2D eigenvalue weighted by atomic mass is 10.0. The molecule has 0 spiro atoms. The zero-order chi connectivity index (χ0) is 21.8. The molecule has 4 rings (SSSR count). The van der Waals surface area contributed by atoms with Gasteiger partial charge in [-0.2, -0.15) is 0 Å². The summed E-state index contributed by atoms with van der Waals surface area (Å²) in [6.45, 7) is 2.23. The van der Waals surface area contributed by atoms with Crippen LogP contribution < -0.4 is 10.9 Å². The third-order valence-electron chi connectivity index (χ3n) is 5.26. The molecule has 0 aliphatic heterocycles. The monoisotopic (exact) mass is 475 g/mol. The molecule has 0 fully saturated rings. The summed E-state index contributed by atoms with van der Waals surface area (Å²) >= 11 is 3.38. The number of nitrogens with zero attached hydrogens (tertiary/aromatic N) is 2. The Kier molecular flexibility index (Phi) is 6.28. The van der Waals surface area contributed by atoms with E-state index in [2.05, 4.69) is 50.5 Å². The lowest BCUT2D eigenvalue weighted by Gasteiger charge is -2.15. The number of aromatic nitrogens is 2. The molecule has 6 heteroatoms. The molecule has 0 saturated heterocycles. The SMILES string of the molecule is CC(NC(=O)CCn1cnc2ccc(Br)cc2c1=O)c1ccc(-c2ccccc2)cc1. The Morgan fingerprint density at radius 3 is 2.48 bits per heavy atom. The van der Waals surface area contributed by atoms with Crippen LogP contribution in [0.2, 0.25) is 0 Å². The van der Waals surface area contributed by atoms with Gasteiger partial charge in [-0.05, 0) is 41.8 Å². The number of nitrogens with one attached hydrogen (secondary N) is 1. The molecule has 4 aromatic rings. The van der Waals surface area contributed by atoms with Crippen molar-refractivity contribution < 1.29 is 4.79 Å². The van der Waals surface area contributed by atoms with Gasteiger partial charge in [0.2, 0.25) is 5.91 Å². The van der Waals surface area contributed by atoms with Gasteiger partial charge in [0.25, 0.3) is 5.56 Å². The minimum atomic E-state index is -0.149. The molecular weight excluding hydrogens is 454 g/mol. The first kappa shape index (κ1) is 21.0. The first-order valence-electron chi connectivity index (χ1n) is 10.1. The normalized spacial score (nSPS) is 11.9. The Morgan fingerprint density at radius 1 is 1.03 bits per heavy atom. The van der Waals surface area contributed by atoms with Crippen molar-refractivity contribution in [2.75, 3.05) is 0 Å². The number of hydrogen-bond acceptors (Lipinski definition) is 3. The average Bonchev–Trinajstić information content (AvgIpc) is 2.79. The van der Waals surface area contributed by atoms with Crippen LogP contribution >= 0.6 is 15.9 Å². The van der Waals surface area contributed by atoms with E-state index in [1.807, 2.05) is 43.3 Å². The molecule has 1 aromatic heterocycles. The summed E-state index contributed by atoms with van der Waals surface area (Å²) < 4.78 is 2.30. The fraction of sp³-hybridized carbons (Fsp3) is 0.160. The highest BCUT2D eigenvalue weighted by atomic mass is 79.9. The standard InChI is InChI=1S/C25H22BrN3O2/c1-17(18-7-9-20(10-8-18)19-5-3-2-4-6-19)28-24(30)13-14-29-16-27-23-12-11-21(26)15-22(23)25(29)31/h2-12,15-17H,13-14H2,1H3,(H,28,30). The van der Waals surface area contributed by atoms with Crippen LogP contribution in [0.3, 0.4) is 0 Å². The predicted octanol–water partition coefficient (Wildman–Crippen LogP) is 5.09. The van der Waals surface area contributed by atoms with Crippen molar-refractivity contribution >= 4 is 32.7 Å². The summed E-state index contributed by atoms with van der Waals surface area (Å²) in [5.74, 6) is -0.110. The van der Waals surface area contributed by atoms with Crippen LogP contribution in [-0.2, 0) is 11.3 Å². The van der Waals surface area contributed by atoms with Crippen molar-refractivity contribution in [3.63, 3.8) is 0 Å². The highest BCUT2D eigenvalue weighted by Gasteiger charge is 2.11. The fourth-order valence-corrected chi connectivity index (χ4v) is 3.87. The van der Waals surface area contributed by atoms with Crippen molar-refractivity contribution in [3.8, 4) is 11.1 Å². The number of hydrogen-bond donors (Lipinski definition) is 1. The maximum absolute atomic E-state index is 12.7. The highest BCUT2D eigenvalue weighted by molar-refractivity contribution is 9.10. The molecule has 1 heterocycles. The zero-order valence-electron chi connectivity index (χ0n) is 17.1. The van der Waals surface area contributed by atoms with Crippen molar-refractivity contribution in [1.29, 1.82) is 0 Å². The maximum atomic E-state index is 12.7. The number of amides is 1. The minimum Gasteiger partial charge on any atom is -0.350 e. The van der Waals surface area contributed by atoms with Gasteiger partial charge >= 0.3 is 0 Å². The van der Waals surface area contributed by atoms with Gasteiger partial charge in [-0.25, -0.2) is 4.98 Å².